The molecular formula is C19H19FN2O7. The molecule has 0 aliphatic carbocycles. The Bertz CT molecular complexity index is 892. The summed E-state index contributed by atoms with van der Waals surface area (Å²) in [5.41, 5.74) is -0.0599. The highest BCUT2D eigenvalue weighted by atomic mass is 19.1. The van der Waals surface area contributed by atoms with E-state index >= 15 is 0 Å². The van der Waals surface area contributed by atoms with Gasteiger partial charge in [0, 0.05) is 0 Å². The number of hydrogen-bond acceptors (Lipinski definition) is 7. The highest BCUT2D eigenvalue weighted by Gasteiger charge is 2.19. The average Bonchev–Trinajstić information content (AvgIpc) is 2.72. The van der Waals surface area contributed by atoms with Crippen molar-refractivity contribution in [3.05, 3.63) is 47.8 Å². The second-order valence-corrected chi connectivity index (χ2v) is 5.47. The van der Waals surface area contributed by atoms with Gasteiger partial charge in [-0.25, -0.2) is 14.0 Å². The topological polar surface area (TPSA) is 112 Å². The number of urea groups is 1. The van der Waals surface area contributed by atoms with Gasteiger partial charge in [0.2, 0.25) is 5.75 Å². The number of anilines is 1. The third-order valence-electron chi connectivity index (χ3n) is 3.61. The van der Waals surface area contributed by atoms with Gasteiger partial charge in [0.05, 0.1) is 32.6 Å². The summed E-state index contributed by atoms with van der Waals surface area (Å²) >= 11 is 0. The van der Waals surface area contributed by atoms with Gasteiger partial charge in [-0.15, -0.1) is 0 Å². The van der Waals surface area contributed by atoms with Crippen LogP contribution in [0.4, 0.5) is 14.9 Å². The van der Waals surface area contributed by atoms with Crippen molar-refractivity contribution in [2.75, 3.05) is 33.3 Å². The van der Waals surface area contributed by atoms with Crippen LogP contribution < -0.4 is 24.8 Å². The molecular weight excluding hydrogens is 387 g/mol. The van der Waals surface area contributed by atoms with Crippen molar-refractivity contribution in [3.8, 4) is 17.2 Å². The second-order valence-electron chi connectivity index (χ2n) is 5.47. The molecule has 0 fully saturated rings. The van der Waals surface area contributed by atoms with E-state index in [1.165, 1.54) is 51.7 Å². The Morgan fingerprint density at radius 1 is 0.966 bits per heavy atom. The fourth-order valence-corrected chi connectivity index (χ4v) is 2.29. The molecule has 9 nitrogen and oxygen atoms in total. The van der Waals surface area contributed by atoms with Gasteiger partial charge in [0.1, 0.15) is 5.82 Å². The number of methoxy groups -OCH3 is 3. The molecule has 0 bridgehead atoms. The molecule has 0 aliphatic heterocycles. The number of benzene rings is 2. The monoisotopic (exact) mass is 406 g/mol. The number of ether oxygens (including phenoxy) is 4. The first-order chi connectivity index (χ1) is 13.9. The van der Waals surface area contributed by atoms with Crippen molar-refractivity contribution in [2.24, 2.45) is 0 Å². The number of rotatable bonds is 7. The smallest absolute Gasteiger partial charge is 0.338 e. The molecule has 0 saturated carbocycles. The lowest BCUT2D eigenvalue weighted by Crippen LogP contribution is -2.37. The Labute approximate surface area is 165 Å². The van der Waals surface area contributed by atoms with Crippen molar-refractivity contribution in [1.82, 2.24) is 5.32 Å². The van der Waals surface area contributed by atoms with Crippen LogP contribution in [-0.2, 0) is 9.53 Å². The van der Waals surface area contributed by atoms with Crippen LogP contribution in [0.3, 0.4) is 0 Å². The third kappa shape index (κ3) is 5.58. The number of halogens is 1. The van der Waals surface area contributed by atoms with Crippen molar-refractivity contribution in [1.29, 1.82) is 0 Å². The number of esters is 1. The van der Waals surface area contributed by atoms with E-state index in [0.29, 0.717) is 0 Å². The molecule has 2 rings (SSSR count). The summed E-state index contributed by atoms with van der Waals surface area (Å²) in [6, 6.07) is 7.18. The lowest BCUT2D eigenvalue weighted by Gasteiger charge is -2.13. The maximum absolute atomic E-state index is 13.5. The molecule has 2 aromatic rings. The minimum atomic E-state index is -0.969. The Hall–Kier alpha value is -3.82. The van der Waals surface area contributed by atoms with Gasteiger partial charge in [0.25, 0.3) is 5.91 Å². The Morgan fingerprint density at radius 3 is 2.14 bits per heavy atom. The Balaban J connectivity index is 1.95. The van der Waals surface area contributed by atoms with Crippen LogP contribution in [0.25, 0.3) is 0 Å². The fourth-order valence-electron chi connectivity index (χ4n) is 2.29. The first-order valence-electron chi connectivity index (χ1n) is 8.22. The second kappa shape index (κ2) is 9.93. The lowest BCUT2D eigenvalue weighted by atomic mass is 10.2. The number of hydrogen-bond donors (Lipinski definition) is 2. The summed E-state index contributed by atoms with van der Waals surface area (Å²) in [7, 11) is 4.18. The summed E-state index contributed by atoms with van der Waals surface area (Å²) < 4.78 is 33.8. The Kier molecular flexibility index (Phi) is 7.35. The minimum Gasteiger partial charge on any atom is -0.493 e. The number of imide groups is 1. The maximum atomic E-state index is 13.5. The summed E-state index contributed by atoms with van der Waals surface area (Å²) in [5, 5.41) is 4.09. The average molecular weight is 406 g/mol. The molecule has 154 valence electrons. The molecule has 0 atom stereocenters. The minimum absolute atomic E-state index is 0.0445. The number of para-hydroxylation sites is 1. The van der Waals surface area contributed by atoms with Crippen molar-refractivity contribution < 1.29 is 37.7 Å². The van der Waals surface area contributed by atoms with Gasteiger partial charge in [0.15, 0.2) is 18.1 Å². The lowest BCUT2D eigenvalue weighted by molar-refractivity contribution is -0.123. The molecule has 0 aliphatic rings. The van der Waals surface area contributed by atoms with Crippen LogP contribution >= 0.6 is 0 Å². The first-order valence-corrected chi connectivity index (χ1v) is 8.22. The van der Waals surface area contributed by atoms with Crippen molar-refractivity contribution in [3.63, 3.8) is 0 Å². The van der Waals surface area contributed by atoms with Gasteiger partial charge in [-0.3, -0.25) is 10.1 Å². The van der Waals surface area contributed by atoms with Crippen LogP contribution in [0.2, 0.25) is 0 Å². The summed E-state index contributed by atoms with van der Waals surface area (Å²) in [6.45, 7) is -0.736. The first kappa shape index (κ1) is 21.5. The zero-order valence-electron chi connectivity index (χ0n) is 15.9. The predicted molar refractivity (Wildman–Crippen MR) is 99.9 cm³/mol. The largest absolute Gasteiger partial charge is 0.493 e. The van der Waals surface area contributed by atoms with E-state index in [1.807, 2.05) is 5.32 Å². The molecule has 0 aromatic heterocycles. The van der Waals surface area contributed by atoms with Crippen LogP contribution in [0.5, 0.6) is 17.2 Å². The summed E-state index contributed by atoms with van der Waals surface area (Å²) in [6.07, 6.45) is 0. The summed E-state index contributed by atoms with van der Waals surface area (Å²) in [5.74, 6) is -1.67. The van der Waals surface area contributed by atoms with E-state index in [2.05, 4.69) is 5.32 Å². The van der Waals surface area contributed by atoms with E-state index in [4.69, 9.17) is 18.9 Å². The molecule has 0 saturated heterocycles. The van der Waals surface area contributed by atoms with E-state index in [-0.39, 0.29) is 28.5 Å². The van der Waals surface area contributed by atoms with E-state index < -0.39 is 30.3 Å². The molecule has 10 heteroatoms. The predicted octanol–water partition coefficient (Wildman–Crippen LogP) is 2.36. The van der Waals surface area contributed by atoms with Crippen molar-refractivity contribution in [2.45, 2.75) is 0 Å². The number of carbonyl (C=O) groups excluding carboxylic acids is 3. The molecule has 29 heavy (non-hydrogen) atoms. The molecule has 2 N–H and O–H groups in total. The zero-order chi connectivity index (χ0) is 21.4. The number of nitrogens with one attached hydrogen (secondary N) is 2. The van der Waals surface area contributed by atoms with Crippen molar-refractivity contribution >= 4 is 23.6 Å². The molecule has 0 radical (unpaired) electrons. The normalized spacial score (nSPS) is 9.93. The van der Waals surface area contributed by atoms with Gasteiger partial charge in [-0.1, -0.05) is 12.1 Å². The zero-order valence-corrected chi connectivity index (χ0v) is 15.9. The van der Waals surface area contributed by atoms with Crippen LogP contribution in [0, 0.1) is 5.82 Å². The quantitative estimate of drug-likeness (QED) is 0.679. The van der Waals surface area contributed by atoms with Gasteiger partial charge in [-0.2, -0.15) is 0 Å². The molecule has 3 amide bonds. The van der Waals surface area contributed by atoms with E-state index in [0.717, 1.165) is 6.07 Å². The fraction of sp³-hybridized carbons (Fsp3) is 0.211. The molecule has 2 aromatic carbocycles. The molecule has 0 unspecified atom stereocenters. The number of amides is 3. The molecule has 0 spiro atoms. The van der Waals surface area contributed by atoms with Gasteiger partial charge >= 0.3 is 12.0 Å². The van der Waals surface area contributed by atoms with E-state index in [1.54, 1.807) is 0 Å². The van der Waals surface area contributed by atoms with Crippen LogP contribution in [0.1, 0.15) is 10.4 Å². The standard InChI is InChI=1S/C19H19FN2O7/c1-26-14-8-11(9-15(27-2)17(14)28-3)18(24)29-10-16(23)22-19(25)21-13-7-5-4-6-12(13)20/h4-9H,10H2,1-3H3,(H2,21,22,23,25). The van der Waals surface area contributed by atoms with Crippen LogP contribution in [-0.4, -0.2) is 45.8 Å². The van der Waals surface area contributed by atoms with E-state index in [9.17, 15) is 18.8 Å². The van der Waals surface area contributed by atoms with Gasteiger partial charge < -0.3 is 24.3 Å². The number of carbonyl (C=O) groups is 3. The van der Waals surface area contributed by atoms with Crippen LogP contribution in [0.15, 0.2) is 36.4 Å². The summed E-state index contributed by atoms with van der Waals surface area (Å²) in [4.78, 5) is 35.7. The third-order valence-corrected chi connectivity index (χ3v) is 3.61. The van der Waals surface area contributed by atoms with Gasteiger partial charge in [-0.05, 0) is 24.3 Å². The Morgan fingerprint density at radius 2 is 1.59 bits per heavy atom. The highest BCUT2D eigenvalue weighted by Crippen LogP contribution is 2.38. The maximum Gasteiger partial charge on any atom is 0.338 e. The highest BCUT2D eigenvalue weighted by molar-refractivity contribution is 6.02. The molecule has 0 heterocycles. The SMILES string of the molecule is COc1cc(C(=O)OCC(=O)NC(=O)Nc2ccccc2F)cc(OC)c1OC.